The first-order chi connectivity index (χ1) is 14.4. The Morgan fingerprint density at radius 2 is 1.72 bits per heavy atom. The van der Waals surface area contributed by atoms with E-state index in [1.807, 2.05) is 38.2 Å². The van der Waals surface area contributed by atoms with Gasteiger partial charge in [-0.3, -0.25) is 0 Å². The molecule has 0 saturated carbocycles. The highest BCUT2D eigenvalue weighted by Crippen LogP contribution is 2.32. The summed E-state index contributed by atoms with van der Waals surface area (Å²) in [6, 6.07) is 8.04. The normalized spacial score (nSPS) is 20.7. The largest absolute Gasteiger partial charge is 0.312 e. The first kappa shape index (κ1) is 24.3. The maximum absolute atomic E-state index is 15.1. The molecule has 0 spiro atoms. The van der Waals surface area contributed by atoms with Gasteiger partial charge in [0, 0.05) is 29.0 Å². The molecule has 3 aromatic heterocycles. The van der Waals surface area contributed by atoms with E-state index in [9.17, 15) is 0 Å². The highest BCUT2D eigenvalue weighted by atomic mass is 35.5. The minimum atomic E-state index is -0.296. The van der Waals surface area contributed by atoms with Crippen LogP contribution in [0.4, 0.5) is 4.39 Å². The van der Waals surface area contributed by atoms with Crippen molar-refractivity contribution in [3.05, 3.63) is 53.2 Å². The number of hydrogen-bond acceptors (Lipinski definition) is 5. The number of nitrogens with zero attached hydrogens (tertiary/aromatic N) is 5. The zero-order chi connectivity index (χ0) is 21.0. The van der Waals surface area contributed by atoms with E-state index in [0.29, 0.717) is 40.2 Å². The van der Waals surface area contributed by atoms with E-state index < -0.39 is 0 Å². The summed E-state index contributed by atoms with van der Waals surface area (Å²) in [5.74, 6) is -0.00141. The van der Waals surface area contributed by atoms with Crippen LogP contribution in [0, 0.1) is 19.7 Å². The third kappa shape index (κ3) is 4.42. The van der Waals surface area contributed by atoms with Gasteiger partial charge in [0.1, 0.15) is 5.82 Å². The summed E-state index contributed by atoms with van der Waals surface area (Å²) in [5, 5.41) is 17.5. The number of piperidine rings is 1. The van der Waals surface area contributed by atoms with Crippen molar-refractivity contribution in [1.29, 1.82) is 0 Å². The Bertz CT molecular complexity index is 1260. The fourth-order valence-corrected chi connectivity index (χ4v) is 4.66. The molecular weight excluding hydrogens is 450 g/mol. The first-order valence-electron chi connectivity index (χ1n) is 10.4. The standard InChI is InChI=1S/C23H25FN6.2ClH/c1-12-5-21(29-30-11-15(4)26-23(12)30)17-8-19(24)18-10-20(27-28-22(18)9-17)16-6-13(2)25-14(3)7-16;;/h5,8-11,13-14,16,25H,6-7H2,1-4H3;2*1H. The summed E-state index contributed by atoms with van der Waals surface area (Å²) < 4.78 is 16.9. The van der Waals surface area contributed by atoms with Crippen molar-refractivity contribution in [2.45, 2.75) is 58.5 Å². The first-order valence-corrected chi connectivity index (χ1v) is 10.4. The fraction of sp³-hybridized carbons (Fsp3) is 0.391. The SMILES string of the molecule is Cc1cn2nc(-c3cc(F)c4cc(C5CC(C)NC(C)C5)nnc4c3)cc(C)c2n1.Cl.Cl. The van der Waals surface area contributed by atoms with E-state index in [4.69, 9.17) is 0 Å². The Morgan fingerprint density at radius 3 is 2.44 bits per heavy atom. The van der Waals surface area contributed by atoms with E-state index in [0.717, 1.165) is 35.4 Å². The number of hydrogen-bond donors (Lipinski definition) is 1. The van der Waals surface area contributed by atoms with Crippen molar-refractivity contribution in [2.75, 3.05) is 0 Å². The molecule has 2 atom stereocenters. The number of fused-ring (bicyclic) bond motifs is 2. The number of halogens is 3. The Kier molecular flexibility index (Phi) is 7.03. The van der Waals surface area contributed by atoms with Crippen LogP contribution in [0.2, 0.25) is 0 Å². The molecule has 4 aromatic rings. The van der Waals surface area contributed by atoms with Gasteiger partial charge in [0.15, 0.2) is 5.65 Å². The van der Waals surface area contributed by atoms with Crippen LogP contribution >= 0.6 is 24.8 Å². The maximum Gasteiger partial charge on any atom is 0.156 e. The number of rotatable bonds is 2. The van der Waals surface area contributed by atoms with Crippen molar-refractivity contribution >= 4 is 41.4 Å². The van der Waals surface area contributed by atoms with Crippen molar-refractivity contribution in [1.82, 2.24) is 30.1 Å². The van der Waals surface area contributed by atoms with Crippen LogP contribution in [0.15, 0.2) is 30.5 Å². The average molecular weight is 477 g/mol. The lowest BCUT2D eigenvalue weighted by molar-refractivity contribution is 0.312. The molecule has 1 aromatic carbocycles. The van der Waals surface area contributed by atoms with Crippen LogP contribution < -0.4 is 5.32 Å². The average Bonchev–Trinajstić information content (AvgIpc) is 3.08. The molecule has 170 valence electrons. The predicted molar refractivity (Wildman–Crippen MR) is 129 cm³/mol. The smallest absolute Gasteiger partial charge is 0.156 e. The van der Waals surface area contributed by atoms with Gasteiger partial charge in [-0.05, 0) is 70.4 Å². The lowest BCUT2D eigenvalue weighted by Crippen LogP contribution is -2.41. The van der Waals surface area contributed by atoms with Gasteiger partial charge < -0.3 is 5.32 Å². The second kappa shape index (κ2) is 9.25. The molecule has 1 aliphatic heterocycles. The molecule has 5 rings (SSSR count). The van der Waals surface area contributed by atoms with Gasteiger partial charge in [-0.2, -0.15) is 15.3 Å². The van der Waals surface area contributed by atoms with E-state index >= 15 is 4.39 Å². The molecule has 6 nitrogen and oxygen atoms in total. The van der Waals surface area contributed by atoms with Crippen molar-refractivity contribution in [2.24, 2.45) is 0 Å². The molecule has 0 amide bonds. The third-order valence-corrected chi connectivity index (χ3v) is 5.96. The summed E-state index contributed by atoms with van der Waals surface area (Å²) in [7, 11) is 0. The van der Waals surface area contributed by atoms with Crippen LogP contribution in [0.5, 0.6) is 0 Å². The van der Waals surface area contributed by atoms with E-state index in [-0.39, 0.29) is 30.6 Å². The molecule has 9 heteroatoms. The van der Waals surface area contributed by atoms with Gasteiger partial charge in [0.05, 0.1) is 28.8 Å². The highest BCUT2D eigenvalue weighted by Gasteiger charge is 2.26. The number of nitrogens with one attached hydrogen (secondary N) is 1. The number of aryl methyl sites for hydroxylation is 2. The lowest BCUT2D eigenvalue weighted by atomic mass is 9.86. The Hall–Kier alpha value is -2.35. The molecule has 0 aliphatic carbocycles. The molecule has 1 fully saturated rings. The molecular formula is C23H27Cl2FN6. The van der Waals surface area contributed by atoms with Gasteiger partial charge in [-0.1, -0.05) is 0 Å². The third-order valence-electron chi connectivity index (χ3n) is 5.96. The molecule has 4 heterocycles. The van der Waals surface area contributed by atoms with E-state index in [1.54, 1.807) is 10.6 Å². The lowest BCUT2D eigenvalue weighted by Gasteiger charge is -2.32. The summed E-state index contributed by atoms with van der Waals surface area (Å²) >= 11 is 0. The molecule has 0 bridgehead atoms. The van der Waals surface area contributed by atoms with Gasteiger partial charge in [0.25, 0.3) is 0 Å². The van der Waals surface area contributed by atoms with Crippen molar-refractivity contribution in [3.8, 4) is 11.3 Å². The zero-order valence-corrected chi connectivity index (χ0v) is 20.1. The molecule has 2 unspecified atom stereocenters. The predicted octanol–water partition coefficient (Wildman–Crippen LogP) is 5.18. The molecule has 1 aliphatic rings. The van der Waals surface area contributed by atoms with Crippen LogP contribution in [-0.4, -0.2) is 36.9 Å². The molecule has 32 heavy (non-hydrogen) atoms. The molecule has 1 N–H and O–H groups in total. The number of imidazole rings is 1. The van der Waals surface area contributed by atoms with Crippen LogP contribution in [0.3, 0.4) is 0 Å². The zero-order valence-electron chi connectivity index (χ0n) is 18.5. The van der Waals surface area contributed by atoms with Crippen LogP contribution in [0.1, 0.15) is 49.6 Å². The number of benzene rings is 1. The van der Waals surface area contributed by atoms with E-state index in [1.165, 1.54) is 0 Å². The fourth-order valence-electron chi connectivity index (χ4n) is 4.66. The van der Waals surface area contributed by atoms with Gasteiger partial charge in [-0.15, -0.1) is 24.8 Å². The minimum absolute atomic E-state index is 0. The summed E-state index contributed by atoms with van der Waals surface area (Å²) in [5.41, 5.74) is 5.49. The summed E-state index contributed by atoms with van der Waals surface area (Å²) in [6.45, 7) is 8.27. The molecule has 1 saturated heterocycles. The quantitative estimate of drug-likeness (QED) is 0.431. The van der Waals surface area contributed by atoms with Crippen LogP contribution in [0.25, 0.3) is 27.8 Å². The molecule has 0 radical (unpaired) electrons. The van der Waals surface area contributed by atoms with Crippen molar-refractivity contribution < 1.29 is 4.39 Å². The monoisotopic (exact) mass is 476 g/mol. The van der Waals surface area contributed by atoms with Gasteiger partial charge >= 0.3 is 0 Å². The Balaban J connectivity index is 0.00000144. The maximum atomic E-state index is 15.1. The summed E-state index contributed by atoms with van der Waals surface area (Å²) in [6.07, 6.45) is 3.84. The Labute approximate surface area is 198 Å². The van der Waals surface area contributed by atoms with Gasteiger partial charge in [-0.25, -0.2) is 13.9 Å². The summed E-state index contributed by atoms with van der Waals surface area (Å²) in [4.78, 5) is 4.48. The van der Waals surface area contributed by atoms with Crippen molar-refractivity contribution in [3.63, 3.8) is 0 Å². The second-order valence-corrected chi connectivity index (χ2v) is 8.66. The minimum Gasteiger partial charge on any atom is -0.312 e. The highest BCUT2D eigenvalue weighted by molar-refractivity contribution is 5.86. The van der Waals surface area contributed by atoms with Gasteiger partial charge in [0.2, 0.25) is 0 Å². The van der Waals surface area contributed by atoms with Crippen LogP contribution in [-0.2, 0) is 0 Å². The van der Waals surface area contributed by atoms with E-state index in [2.05, 4.69) is 39.4 Å². The Morgan fingerprint density at radius 1 is 1.00 bits per heavy atom. The number of aromatic nitrogens is 5. The second-order valence-electron chi connectivity index (χ2n) is 8.66. The topological polar surface area (TPSA) is 68.0 Å².